The molecular weight excluding hydrogens is 438 g/mol. The molecule has 1 aliphatic carbocycles. The number of aryl methyl sites for hydroxylation is 1. The van der Waals surface area contributed by atoms with E-state index in [1.807, 2.05) is 31.2 Å². The lowest BCUT2D eigenvalue weighted by Gasteiger charge is -2.38. The number of aliphatic hydroxyl groups is 1. The Hall–Kier alpha value is -2.70. The number of carbonyl (C=O) groups is 1. The Morgan fingerprint density at radius 2 is 1.74 bits per heavy atom. The molecule has 0 unspecified atom stereocenters. The maximum atomic E-state index is 12.8. The van der Waals surface area contributed by atoms with Crippen LogP contribution in [0.5, 0.6) is 0 Å². The number of rotatable bonds is 7. The van der Waals surface area contributed by atoms with Crippen LogP contribution in [0.1, 0.15) is 90.4 Å². The predicted octanol–water partition coefficient (Wildman–Crippen LogP) is 4.91. The highest BCUT2D eigenvalue weighted by Crippen LogP contribution is 2.34. The number of oxime groups is 1. The van der Waals surface area contributed by atoms with Crippen molar-refractivity contribution in [2.75, 3.05) is 19.7 Å². The fourth-order valence-electron chi connectivity index (χ4n) is 5.31. The van der Waals surface area contributed by atoms with Crippen molar-refractivity contribution in [3.05, 3.63) is 70.3 Å². The maximum Gasteiger partial charge on any atom is 0.253 e. The summed E-state index contributed by atoms with van der Waals surface area (Å²) in [4.78, 5) is 20.3. The summed E-state index contributed by atoms with van der Waals surface area (Å²) in [6.45, 7) is 5.63. The molecule has 1 saturated carbocycles. The van der Waals surface area contributed by atoms with Crippen LogP contribution in [0, 0.1) is 6.92 Å². The summed E-state index contributed by atoms with van der Waals surface area (Å²) in [7, 11) is 0. The van der Waals surface area contributed by atoms with Gasteiger partial charge in [0.1, 0.15) is 6.61 Å². The van der Waals surface area contributed by atoms with Gasteiger partial charge in [0.2, 0.25) is 0 Å². The zero-order valence-corrected chi connectivity index (χ0v) is 21.1. The number of carbonyl (C=O) groups excluding carboxylic acids is 1. The average Bonchev–Trinajstić information content (AvgIpc) is 2.89. The standard InChI is InChI=1S/C29H39N3O3/c1-21-18-23(8-13-27(21)25-6-4-3-5-7-25)19-35-31-22(2)24-9-11-26(12-10-24)28(34)32-16-14-29(30,20-33)15-17-32/h8-13,18,25,33H,3-7,14-17,19-20,30H2,1-2H3. The van der Waals surface area contributed by atoms with Gasteiger partial charge < -0.3 is 20.6 Å². The second-order valence-electron chi connectivity index (χ2n) is 10.4. The van der Waals surface area contributed by atoms with E-state index in [9.17, 15) is 9.90 Å². The monoisotopic (exact) mass is 477 g/mol. The molecule has 35 heavy (non-hydrogen) atoms. The third-order valence-electron chi connectivity index (χ3n) is 7.72. The molecule has 4 rings (SSSR count). The number of likely N-dealkylation sites (tertiary alicyclic amines) is 1. The molecule has 1 aliphatic heterocycles. The van der Waals surface area contributed by atoms with Gasteiger partial charge in [0.05, 0.1) is 12.3 Å². The molecular formula is C29H39N3O3. The summed E-state index contributed by atoms with van der Waals surface area (Å²) in [5.74, 6) is 0.702. The van der Waals surface area contributed by atoms with Crippen LogP contribution < -0.4 is 5.73 Å². The minimum absolute atomic E-state index is 0.00516. The van der Waals surface area contributed by atoms with Crippen LogP contribution in [0.3, 0.4) is 0 Å². The average molecular weight is 478 g/mol. The van der Waals surface area contributed by atoms with Gasteiger partial charge in [-0.05, 0) is 79.8 Å². The van der Waals surface area contributed by atoms with Gasteiger partial charge in [-0.2, -0.15) is 0 Å². The Bertz CT molecular complexity index is 1030. The van der Waals surface area contributed by atoms with Gasteiger partial charge in [-0.15, -0.1) is 0 Å². The van der Waals surface area contributed by atoms with Crippen molar-refractivity contribution in [2.24, 2.45) is 10.9 Å². The lowest BCUT2D eigenvalue weighted by molar-refractivity contribution is 0.0607. The Morgan fingerprint density at radius 1 is 1.09 bits per heavy atom. The first-order valence-electron chi connectivity index (χ1n) is 12.9. The van der Waals surface area contributed by atoms with Crippen LogP contribution in [0.25, 0.3) is 0 Å². The largest absolute Gasteiger partial charge is 0.394 e. The smallest absolute Gasteiger partial charge is 0.253 e. The van der Waals surface area contributed by atoms with Crippen LogP contribution >= 0.6 is 0 Å². The molecule has 188 valence electrons. The SMILES string of the molecule is CC(=NOCc1ccc(C2CCCCC2)c(C)c1)c1ccc(C(=O)N2CCC(N)(CO)CC2)cc1. The fraction of sp³-hybridized carbons (Fsp3) is 0.517. The Balaban J connectivity index is 1.30. The second kappa shape index (κ2) is 11.4. The highest BCUT2D eigenvalue weighted by molar-refractivity contribution is 6.00. The molecule has 2 fully saturated rings. The summed E-state index contributed by atoms with van der Waals surface area (Å²) in [5.41, 5.74) is 11.9. The van der Waals surface area contributed by atoms with Gasteiger partial charge >= 0.3 is 0 Å². The Labute approximate surface area is 209 Å². The molecule has 6 heteroatoms. The summed E-state index contributed by atoms with van der Waals surface area (Å²) in [6, 6.07) is 14.1. The van der Waals surface area contributed by atoms with E-state index in [-0.39, 0.29) is 12.5 Å². The van der Waals surface area contributed by atoms with Gasteiger partial charge in [-0.3, -0.25) is 4.79 Å². The van der Waals surface area contributed by atoms with Crippen LogP contribution in [0.2, 0.25) is 0 Å². The molecule has 1 heterocycles. The van der Waals surface area contributed by atoms with Crippen molar-refractivity contribution in [1.29, 1.82) is 0 Å². The molecule has 2 aromatic carbocycles. The lowest BCUT2D eigenvalue weighted by atomic mass is 9.82. The number of piperidine rings is 1. The van der Waals surface area contributed by atoms with Crippen molar-refractivity contribution >= 4 is 11.6 Å². The van der Waals surface area contributed by atoms with Gasteiger partial charge in [0, 0.05) is 24.2 Å². The van der Waals surface area contributed by atoms with Crippen molar-refractivity contribution in [1.82, 2.24) is 4.90 Å². The van der Waals surface area contributed by atoms with E-state index in [4.69, 9.17) is 10.6 Å². The van der Waals surface area contributed by atoms with Gasteiger partial charge in [0.15, 0.2) is 0 Å². The van der Waals surface area contributed by atoms with E-state index < -0.39 is 5.54 Å². The summed E-state index contributed by atoms with van der Waals surface area (Å²) in [5, 5.41) is 13.7. The van der Waals surface area contributed by atoms with Crippen molar-refractivity contribution < 1.29 is 14.7 Å². The van der Waals surface area contributed by atoms with Crippen LogP contribution in [0.4, 0.5) is 0 Å². The molecule has 3 N–H and O–H groups in total. The Kier molecular flexibility index (Phi) is 8.24. The first kappa shape index (κ1) is 25.4. The van der Waals surface area contributed by atoms with Crippen LogP contribution in [-0.2, 0) is 11.4 Å². The number of nitrogens with two attached hydrogens (primary N) is 1. The van der Waals surface area contributed by atoms with Gasteiger partial charge in [-0.1, -0.05) is 54.8 Å². The van der Waals surface area contributed by atoms with E-state index in [0.29, 0.717) is 44.0 Å². The van der Waals surface area contributed by atoms with Crippen molar-refractivity contribution in [3.63, 3.8) is 0 Å². The Morgan fingerprint density at radius 3 is 2.37 bits per heavy atom. The van der Waals surface area contributed by atoms with E-state index in [1.165, 1.54) is 43.2 Å². The van der Waals surface area contributed by atoms with Crippen LogP contribution in [0.15, 0.2) is 47.6 Å². The number of aliphatic hydroxyl groups excluding tert-OH is 1. The number of hydrogen-bond donors (Lipinski definition) is 2. The highest BCUT2D eigenvalue weighted by atomic mass is 16.6. The second-order valence-corrected chi connectivity index (χ2v) is 10.4. The molecule has 6 nitrogen and oxygen atoms in total. The van der Waals surface area contributed by atoms with Crippen molar-refractivity contribution in [3.8, 4) is 0 Å². The summed E-state index contributed by atoms with van der Waals surface area (Å²) >= 11 is 0. The quantitative estimate of drug-likeness (QED) is 0.438. The third-order valence-corrected chi connectivity index (χ3v) is 7.72. The predicted molar refractivity (Wildman–Crippen MR) is 140 cm³/mol. The molecule has 0 aromatic heterocycles. The first-order chi connectivity index (χ1) is 16.9. The maximum absolute atomic E-state index is 12.8. The fourth-order valence-corrected chi connectivity index (χ4v) is 5.31. The van der Waals surface area contributed by atoms with E-state index in [2.05, 4.69) is 30.3 Å². The molecule has 1 saturated heterocycles. The molecule has 2 aliphatic rings. The minimum atomic E-state index is -0.565. The van der Waals surface area contributed by atoms with Gasteiger partial charge in [-0.25, -0.2) is 0 Å². The zero-order valence-electron chi connectivity index (χ0n) is 21.1. The number of amides is 1. The molecule has 0 spiro atoms. The van der Waals surface area contributed by atoms with Crippen molar-refractivity contribution in [2.45, 2.75) is 76.9 Å². The molecule has 0 radical (unpaired) electrons. The topological polar surface area (TPSA) is 88.2 Å². The molecule has 1 amide bonds. The molecule has 0 bridgehead atoms. The van der Waals surface area contributed by atoms with E-state index >= 15 is 0 Å². The number of benzene rings is 2. The number of nitrogens with zero attached hydrogens (tertiary/aromatic N) is 2. The number of hydrogen-bond acceptors (Lipinski definition) is 5. The normalized spacial score (nSPS) is 19.0. The molecule has 2 aromatic rings. The van der Waals surface area contributed by atoms with Gasteiger partial charge in [0.25, 0.3) is 5.91 Å². The summed E-state index contributed by atoms with van der Waals surface area (Å²) < 4.78 is 0. The summed E-state index contributed by atoms with van der Waals surface area (Å²) in [6.07, 6.45) is 7.89. The zero-order chi connectivity index (χ0) is 24.8. The third kappa shape index (κ3) is 6.30. The lowest BCUT2D eigenvalue weighted by Crippen LogP contribution is -2.53. The van der Waals surface area contributed by atoms with E-state index in [1.54, 1.807) is 4.90 Å². The van der Waals surface area contributed by atoms with E-state index in [0.717, 1.165) is 16.8 Å². The minimum Gasteiger partial charge on any atom is -0.394 e. The molecule has 0 atom stereocenters. The highest BCUT2D eigenvalue weighted by Gasteiger charge is 2.32. The van der Waals surface area contributed by atoms with Crippen LogP contribution in [-0.4, -0.2) is 46.9 Å². The first-order valence-corrected chi connectivity index (χ1v) is 12.9.